The zero-order valence-corrected chi connectivity index (χ0v) is 79.1. The van der Waals surface area contributed by atoms with E-state index in [1.807, 2.05) is 32.8 Å². The lowest BCUT2D eigenvalue weighted by atomic mass is 10.0. The Hall–Kier alpha value is -3.41. The predicted octanol–water partition coefficient (Wildman–Crippen LogP) is 10.8. The SMILES string of the molecule is CCN(C)CCN(C)CC(C(=O)C(C)C)N(C)C.CCN(CC)CCN(CC)C(CN(CC)CC)C(C)C.CCN(CC)CCN(CC)CC(C(C)C)N(CC)CC.CCN(CC)CCN(CC)CCN(CC)C(C)C(C)C.CCN(CC)CCN(CCN(CC)CC)C(C)C(C)C.O=C=O.O=C=O.O=C=O.O=C=O. The first-order chi connectivity index (χ1) is 52.0. The van der Waals surface area contributed by atoms with Crippen LogP contribution in [-0.2, 0) is 43.2 Å². The Bertz CT molecular complexity index is 1950. The van der Waals surface area contributed by atoms with Gasteiger partial charge in [-0.1, -0.05) is 201 Å². The first-order valence-electron chi connectivity index (χ1n) is 43.3. The molecule has 110 heavy (non-hydrogen) atoms. The summed E-state index contributed by atoms with van der Waals surface area (Å²) in [5.41, 5.74) is 0. The summed E-state index contributed by atoms with van der Waals surface area (Å²) in [4.78, 5) is 115. The monoisotopic (exact) mass is 1570 g/mol. The highest BCUT2D eigenvalue weighted by atomic mass is 16.2. The normalized spacial score (nSPS) is 12.7. The van der Waals surface area contributed by atoms with E-state index in [0.717, 1.165) is 149 Å². The van der Waals surface area contributed by atoms with E-state index in [9.17, 15) is 4.79 Å². The maximum absolute atomic E-state index is 12.1. The summed E-state index contributed by atoms with van der Waals surface area (Å²) in [6.45, 7) is 112. The Morgan fingerprint density at radius 1 is 0.236 bits per heavy atom. The van der Waals surface area contributed by atoms with Crippen molar-refractivity contribution in [1.29, 1.82) is 0 Å². The van der Waals surface area contributed by atoms with Gasteiger partial charge in [-0.2, -0.15) is 38.4 Å². The fraction of sp³-hybridized carbons (Fsp3) is 0.942. The molecule has 0 N–H and O–H groups in total. The lowest BCUT2D eigenvalue weighted by Crippen LogP contribution is -2.49. The first kappa shape index (κ1) is 125. The number of hydrogen-bond acceptors (Lipinski definition) is 24. The maximum atomic E-state index is 12.1. The molecule has 0 heterocycles. The van der Waals surface area contributed by atoms with Gasteiger partial charge in [-0.25, -0.2) is 0 Å². The third-order valence-electron chi connectivity index (χ3n) is 22.0. The third-order valence-corrected chi connectivity index (χ3v) is 22.0. The van der Waals surface area contributed by atoms with E-state index in [-0.39, 0.29) is 36.6 Å². The van der Waals surface area contributed by atoms with Gasteiger partial charge in [0.25, 0.3) is 0 Å². The summed E-state index contributed by atoms with van der Waals surface area (Å²) >= 11 is 0. The van der Waals surface area contributed by atoms with Crippen molar-refractivity contribution >= 4 is 30.4 Å². The van der Waals surface area contributed by atoms with E-state index in [1.54, 1.807) is 0 Å². The maximum Gasteiger partial charge on any atom is 0.373 e. The number of hydrogen-bond donors (Lipinski definition) is 0. The lowest BCUT2D eigenvalue weighted by Gasteiger charge is -2.38. The summed E-state index contributed by atoms with van der Waals surface area (Å²) in [5.74, 6) is 3.33. The fourth-order valence-corrected chi connectivity index (χ4v) is 12.7. The molecule has 0 fully saturated rings. The van der Waals surface area contributed by atoms with Crippen molar-refractivity contribution in [3.8, 4) is 0 Å². The molecule has 0 aromatic heterocycles. The van der Waals surface area contributed by atoms with Crippen molar-refractivity contribution < 1.29 is 43.2 Å². The Morgan fingerprint density at radius 3 is 0.736 bits per heavy atom. The molecule has 660 valence electrons. The minimum absolute atomic E-state index is 0.00179. The molecule has 24 nitrogen and oxygen atoms in total. The van der Waals surface area contributed by atoms with Crippen LogP contribution in [0.15, 0.2) is 0 Å². The van der Waals surface area contributed by atoms with Gasteiger partial charge in [0.1, 0.15) is 0 Å². The Labute approximate surface area is 682 Å². The molecule has 0 aliphatic carbocycles. The second-order valence-electron chi connectivity index (χ2n) is 30.1. The van der Waals surface area contributed by atoms with Gasteiger partial charge in [-0.15, -0.1) is 0 Å². The van der Waals surface area contributed by atoms with E-state index in [0.29, 0.717) is 35.9 Å². The topological polar surface area (TPSA) is 202 Å². The van der Waals surface area contributed by atoms with Crippen molar-refractivity contribution in [2.45, 2.75) is 245 Å². The largest absolute Gasteiger partial charge is 0.373 e. The van der Waals surface area contributed by atoms with Gasteiger partial charge in [0.15, 0.2) is 5.78 Å². The molecular formula is C86H187N15O9. The van der Waals surface area contributed by atoms with Crippen LogP contribution in [0.1, 0.15) is 215 Å². The number of rotatable bonds is 57. The molecule has 0 aromatic carbocycles. The van der Waals surface area contributed by atoms with Crippen LogP contribution in [0, 0.1) is 29.6 Å². The smallest absolute Gasteiger partial charge is 0.305 e. The molecule has 0 rings (SSSR count). The molecular weight excluding hydrogens is 1390 g/mol. The van der Waals surface area contributed by atoms with E-state index < -0.39 is 0 Å². The van der Waals surface area contributed by atoms with E-state index >= 15 is 0 Å². The fourth-order valence-electron chi connectivity index (χ4n) is 12.7. The average Bonchev–Trinajstić information content (AvgIpc) is 0.904. The number of Topliss-reactive ketones (excluding diaryl/α,β-unsaturated/α-hetero) is 1. The number of carbonyl (C=O) groups is 1. The minimum Gasteiger partial charge on any atom is -0.305 e. The highest BCUT2D eigenvalue weighted by Gasteiger charge is 2.27. The predicted molar refractivity (Wildman–Crippen MR) is 464 cm³/mol. The van der Waals surface area contributed by atoms with E-state index in [1.165, 1.54) is 105 Å². The lowest BCUT2D eigenvalue weighted by molar-refractivity contribution is -0.193. The number of ketones is 1. The second kappa shape index (κ2) is 88.0. The van der Waals surface area contributed by atoms with Crippen molar-refractivity contribution in [1.82, 2.24) is 73.5 Å². The molecule has 0 radical (unpaired) electrons. The summed E-state index contributed by atoms with van der Waals surface area (Å²) in [6, 6.07) is 2.71. The number of nitrogens with zero attached hydrogens (tertiary/aromatic N) is 15. The molecule has 0 aliphatic heterocycles. The van der Waals surface area contributed by atoms with Crippen LogP contribution >= 0.6 is 0 Å². The van der Waals surface area contributed by atoms with Gasteiger partial charge in [-0.05, 0) is 190 Å². The van der Waals surface area contributed by atoms with Crippen LogP contribution in [-0.4, -0.2) is 398 Å². The second-order valence-corrected chi connectivity index (χ2v) is 30.1. The first-order valence-corrected chi connectivity index (χ1v) is 43.3. The molecule has 0 bridgehead atoms. The van der Waals surface area contributed by atoms with Gasteiger partial charge < -0.3 is 49.0 Å². The Kier molecular flexibility index (Phi) is 99.8. The van der Waals surface area contributed by atoms with Crippen LogP contribution in [0.5, 0.6) is 0 Å². The molecule has 0 aromatic rings. The summed E-state index contributed by atoms with van der Waals surface area (Å²) in [6.07, 6.45) is 1.00. The zero-order valence-electron chi connectivity index (χ0n) is 79.1. The van der Waals surface area contributed by atoms with E-state index in [4.69, 9.17) is 38.4 Å². The van der Waals surface area contributed by atoms with Gasteiger partial charge in [0.2, 0.25) is 0 Å². The number of likely N-dealkylation sites (N-methyl/N-ethyl adjacent to an activating group) is 14. The van der Waals surface area contributed by atoms with Crippen LogP contribution < -0.4 is 0 Å². The van der Waals surface area contributed by atoms with Crippen molar-refractivity contribution in [3.63, 3.8) is 0 Å². The van der Waals surface area contributed by atoms with Gasteiger partial charge >= 0.3 is 24.6 Å². The van der Waals surface area contributed by atoms with Crippen LogP contribution in [0.2, 0.25) is 0 Å². The van der Waals surface area contributed by atoms with E-state index in [2.05, 4.69) is 283 Å². The Balaban J connectivity index is -0.000000159. The molecule has 0 spiro atoms. The molecule has 0 saturated heterocycles. The summed E-state index contributed by atoms with van der Waals surface area (Å²) in [7, 11) is 8.18. The standard InChI is InChI=1S/4C17H39N3.C14H31N3O.4CO2/c1-8-18(9-2)12-14-20(17(7)16(5)6)15-13-19(10-3)11-4;1-8-18(9-2)12-13-19(10-3)14-15-20(11-4)17(7)16(5)6;1-8-18(9-2)13-14-19(10-3)15-17(16(6)7)20(11-4)12-5;1-8-18(9-2)13-14-20(12-5)17(16(6)7)15-19(10-3)11-4;1-8-16(6)9-10-17(7)11-13(15(4)5)14(18)12(2)3;4*2-1-3/h4*16-17H,8-15H2,1-7H3;12-13H,8-11H2,1-7H3;;;;. The molecule has 24 heteroatoms. The molecule has 0 aliphatic rings. The molecule has 0 saturated carbocycles. The minimum atomic E-state index is 0.00179. The quantitative estimate of drug-likeness (QED) is 0.0556. The molecule has 0 amide bonds. The van der Waals surface area contributed by atoms with Crippen molar-refractivity contribution in [2.75, 3.05) is 264 Å². The Morgan fingerprint density at radius 2 is 0.473 bits per heavy atom. The number of carbonyl (C=O) groups excluding carboxylic acids is 9. The van der Waals surface area contributed by atoms with Crippen molar-refractivity contribution in [2.24, 2.45) is 29.6 Å². The van der Waals surface area contributed by atoms with Crippen LogP contribution in [0.25, 0.3) is 0 Å². The van der Waals surface area contributed by atoms with Crippen molar-refractivity contribution in [3.05, 3.63) is 0 Å². The van der Waals surface area contributed by atoms with Crippen LogP contribution in [0.4, 0.5) is 0 Å². The van der Waals surface area contributed by atoms with Gasteiger partial charge in [-0.3, -0.25) is 29.3 Å². The molecule has 5 unspecified atom stereocenters. The highest BCUT2D eigenvalue weighted by Crippen LogP contribution is 2.16. The van der Waals surface area contributed by atoms with Gasteiger partial charge in [0, 0.05) is 141 Å². The highest BCUT2D eigenvalue weighted by molar-refractivity contribution is 5.85. The average molecular weight is 1580 g/mol. The van der Waals surface area contributed by atoms with Gasteiger partial charge in [0.05, 0.1) is 6.04 Å². The zero-order chi connectivity index (χ0) is 87.3. The summed E-state index contributed by atoms with van der Waals surface area (Å²) in [5, 5.41) is 0. The molecule has 5 atom stereocenters. The van der Waals surface area contributed by atoms with Crippen LogP contribution in [0.3, 0.4) is 0 Å². The third kappa shape index (κ3) is 71.2. The summed E-state index contributed by atoms with van der Waals surface area (Å²) < 4.78 is 0.